The van der Waals surface area contributed by atoms with Crippen LogP contribution < -0.4 is 15.5 Å². The average Bonchev–Trinajstić information content (AvgIpc) is 3.11. The van der Waals surface area contributed by atoms with E-state index in [4.69, 9.17) is 0 Å². The number of hydrogen-bond donors (Lipinski definition) is 2. The minimum absolute atomic E-state index is 0.260. The second-order valence-corrected chi connectivity index (χ2v) is 9.03. The lowest BCUT2D eigenvalue weighted by atomic mass is 10.1. The molecule has 0 aliphatic carbocycles. The van der Waals surface area contributed by atoms with Gasteiger partial charge in [0, 0.05) is 55.9 Å². The highest BCUT2D eigenvalue weighted by Gasteiger charge is 2.30. The predicted molar refractivity (Wildman–Crippen MR) is 130 cm³/mol. The van der Waals surface area contributed by atoms with Crippen LogP contribution in [-0.2, 0) is 13.2 Å². The monoisotopic (exact) mass is 536 g/mol. The third kappa shape index (κ3) is 5.53. The first-order chi connectivity index (χ1) is 16.1. The van der Waals surface area contributed by atoms with Crippen molar-refractivity contribution in [2.75, 3.05) is 48.8 Å². The Hall–Kier alpha value is -3.05. The molecular formula is C23H24BrF3N6O. The first-order valence-corrected chi connectivity index (χ1v) is 11.4. The van der Waals surface area contributed by atoms with Crippen molar-refractivity contribution in [2.24, 2.45) is 7.05 Å². The van der Waals surface area contributed by atoms with Crippen molar-refractivity contribution in [3.63, 3.8) is 0 Å². The first-order valence-electron chi connectivity index (χ1n) is 10.6. The summed E-state index contributed by atoms with van der Waals surface area (Å²) in [5.74, 6) is 0. The first kappa shape index (κ1) is 24.1. The molecule has 0 bridgehead atoms. The van der Waals surface area contributed by atoms with E-state index in [1.165, 1.54) is 12.1 Å². The van der Waals surface area contributed by atoms with Crippen LogP contribution in [0.1, 0.15) is 5.56 Å². The number of alkyl halides is 3. The number of amides is 2. The number of hydrogen-bond acceptors (Lipinski definition) is 4. The Morgan fingerprint density at radius 1 is 0.971 bits per heavy atom. The number of halogens is 4. The Morgan fingerprint density at radius 3 is 2.21 bits per heavy atom. The Bertz CT molecular complexity index is 1150. The molecule has 0 radical (unpaired) electrons. The molecule has 0 spiro atoms. The van der Waals surface area contributed by atoms with Gasteiger partial charge >= 0.3 is 12.2 Å². The summed E-state index contributed by atoms with van der Waals surface area (Å²) >= 11 is 3.54. The van der Waals surface area contributed by atoms with E-state index < -0.39 is 17.8 Å². The molecule has 2 amide bonds. The van der Waals surface area contributed by atoms with Gasteiger partial charge in [0.1, 0.15) is 0 Å². The number of urea groups is 1. The van der Waals surface area contributed by atoms with Crippen LogP contribution in [0.15, 0.2) is 53.1 Å². The Morgan fingerprint density at radius 2 is 1.62 bits per heavy atom. The number of benzene rings is 2. The van der Waals surface area contributed by atoms with Gasteiger partial charge in [-0.2, -0.15) is 18.3 Å². The molecule has 2 heterocycles. The average molecular weight is 537 g/mol. The fourth-order valence-corrected chi connectivity index (χ4v) is 4.42. The molecule has 11 heteroatoms. The largest absolute Gasteiger partial charge is 0.416 e. The maximum Gasteiger partial charge on any atom is 0.416 e. The molecule has 1 aliphatic heterocycles. The summed E-state index contributed by atoms with van der Waals surface area (Å²) in [5.41, 5.74) is 2.74. The number of piperazine rings is 1. The topological polar surface area (TPSA) is 65.4 Å². The summed E-state index contributed by atoms with van der Waals surface area (Å²) in [6.45, 7) is 3.56. The number of carbonyl (C=O) groups is 1. The van der Waals surface area contributed by atoms with Crippen LogP contribution in [0.3, 0.4) is 0 Å². The SMILES string of the molecule is CN1CCN(c2cc(NC(=O)Nc3ccc(C(F)(F)F)cc3)cc(-c3c(Br)cnn3C)c2)CC1. The molecule has 1 aliphatic rings. The zero-order valence-corrected chi connectivity index (χ0v) is 20.2. The predicted octanol–water partition coefficient (Wildman–Crippen LogP) is 5.26. The molecule has 7 nitrogen and oxygen atoms in total. The highest BCUT2D eigenvalue weighted by molar-refractivity contribution is 9.10. The summed E-state index contributed by atoms with van der Waals surface area (Å²) in [5, 5.41) is 9.68. The lowest BCUT2D eigenvalue weighted by Crippen LogP contribution is -2.44. The van der Waals surface area contributed by atoms with Crippen molar-refractivity contribution >= 4 is 39.0 Å². The van der Waals surface area contributed by atoms with E-state index in [-0.39, 0.29) is 5.69 Å². The number of nitrogens with one attached hydrogen (secondary N) is 2. The van der Waals surface area contributed by atoms with Gasteiger partial charge in [-0.3, -0.25) is 4.68 Å². The molecule has 4 rings (SSSR count). The van der Waals surface area contributed by atoms with E-state index in [9.17, 15) is 18.0 Å². The van der Waals surface area contributed by atoms with Gasteiger partial charge in [0.15, 0.2) is 0 Å². The number of carbonyl (C=O) groups excluding carboxylic acids is 1. The molecule has 0 unspecified atom stereocenters. The second kappa shape index (κ2) is 9.67. The van der Waals surface area contributed by atoms with Gasteiger partial charge in [0.05, 0.1) is 21.9 Å². The lowest BCUT2D eigenvalue weighted by Gasteiger charge is -2.34. The van der Waals surface area contributed by atoms with Crippen molar-refractivity contribution in [1.82, 2.24) is 14.7 Å². The number of aromatic nitrogens is 2. The molecule has 34 heavy (non-hydrogen) atoms. The van der Waals surface area contributed by atoms with Gasteiger partial charge in [-0.05, 0) is 65.4 Å². The Labute approximate surface area is 203 Å². The summed E-state index contributed by atoms with van der Waals surface area (Å²) in [7, 11) is 3.92. The molecule has 3 aromatic rings. The molecule has 0 saturated carbocycles. The van der Waals surface area contributed by atoms with Gasteiger partial charge in [0.2, 0.25) is 0 Å². The van der Waals surface area contributed by atoms with Crippen LogP contribution in [0.4, 0.5) is 35.0 Å². The zero-order valence-electron chi connectivity index (χ0n) is 18.7. The summed E-state index contributed by atoms with van der Waals surface area (Å²) < 4.78 is 40.9. The van der Waals surface area contributed by atoms with Crippen molar-refractivity contribution in [2.45, 2.75) is 6.18 Å². The van der Waals surface area contributed by atoms with E-state index in [1.807, 2.05) is 19.2 Å². The van der Waals surface area contributed by atoms with E-state index >= 15 is 0 Å². The maximum atomic E-state index is 12.8. The fraction of sp³-hybridized carbons (Fsp3) is 0.304. The van der Waals surface area contributed by atoms with Crippen molar-refractivity contribution in [1.29, 1.82) is 0 Å². The minimum Gasteiger partial charge on any atom is -0.369 e. The van der Waals surface area contributed by atoms with Crippen LogP contribution in [0.5, 0.6) is 0 Å². The summed E-state index contributed by atoms with van der Waals surface area (Å²) in [6.07, 6.45) is -2.72. The van der Waals surface area contributed by atoms with E-state index in [0.717, 1.165) is 59.7 Å². The number of anilines is 3. The van der Waals surface area contributed by atoms with Crippen LogP contribution in [0.2, 0.25) is 0 Å². The van der Waals surface area contributed by atoms with Gasteiger partial charge in [-0.1, -0.05) is 0 Å². The normalized spacial score (nSPS) is 14.8. The van der Waals surface area contributed by atoms with E-state index in [2.05, 4.69) is 54.6 Å². The van der Waals surface area contributed by atoms with Crippen molar-refractivity contribution < 1.29 is 18.0 Å². The zero-order chi connectivity index (χ0) is 24.5. The van der Waals surface area contributed by atoms with Crippen LogP contribution in [0, 0.1) is 0 Å². The fourth-order valence-electron chi connectivity index (χ4n) is 3.84. The highest BCUT2D eigenvalue weighted by Crippen LogP contribution is 2.34. The standard InChI is InChI=1S/C23H24BrF3N6O/c1-31-7-9-33(10-8-31)19-12-15(21-20(24)14-28-32(21)2)11-18(13-19)30-22(34)29-17-5-3-16(4-6-17)23(25,26)27/h3-6,11-14H,7-10H2,1-2H3,(H2,29,30,34). The molecule has 0 atom stereocenters. The van der Waals surface area contributed by atoms with Crippen molar-refractivity contribution in [3.8, 4) is 11.3 Å². The molecule has 180 valence electrons. The molecule has 1 fully saturated rings. The Kier molecular flexibility index (Phi) is 6.85. The number of aryl methyl sites for hydroxylation is 1. The Balaban J connectivity index is 1.58. The number of rotatable bonds is 4. The number of nitrogens with zero attached hydrogens (tertiary/aromatic N) is 4. The summed E-state index contributed by atoms with van der Waals surface area (Å²) in [6, 6.07) is 9.56. The summed E-state index contributed by atoms with van der Waals surface area (Å²) in [4.78, 5) is 17.1. The molecular weight excluding hydrogens is 513 g/mol. The molecule has 1 aromatic heterocycles. The quantitative estimate of drug-likeness (QED) is 0.477. The van der Waals surface area contributed by atoms with Gasteiger partial charge in [-0.25, -0.2) is 4.79 Å². The van der Waals surface area contributed by atoms with E-state index in [0.29, 0.717) is 5.69 Å². The number of likely N-dealkylation sites (N-methyl/N-ethyl adjacent to an activating group) is 1. The smallest absolute Gasteiger partial charge is 0.369 e. The molecule has 2 N–H and O–H groups in total. The third-order valence-electron chi connectivity index (χ3n) is 5.68. The van der Waals surface area contributed by atoms with Crippen molar-refractivity contribution in [3.05, 3.63) is 58.7 Å². The van der Waals surface area contributed by atoms with Gasteiger partial charge in [0.25, 0.3) is 0 Å². The third-order valence-corrected chi connectivity index (χ3v) is 6.26. The van der Waals surface area contributed by atoms with Crippen LogP contribution in [-0.4, -0.2) is 53.9 Å². The maximum absolute atomic E-state index is 12.8. The second-order valence-electron chi connectivity index (χ2n) is 8.18. The molecule has 2 aromatic carbocycles. The van der Waals surface area contributed by atoms with Gasteiger partial charge in [-0.15, -0.1) is 0 Å². The van der Waals surface area contributed by atoms with Crippen LogP contribution in [0.25, 0.3) is 11.3 Å². The molecule has 1 saturated heterocycles. The minimum atomic E-state index is -4.43. The lowest BCUT2D eigenvalue weighted by molar-refractivity contribution is -0.137. The van der Waals surface area contributed by atoms with Crippen LogP contribution >= 0.6 is 15.9 Å². The van der Waals surface area contributed by atoms with E-state index in [1.54, 1.807) is 10.9 Å². The highest BCUT2D eigenvalue weighted by atomic mass is 79.9. The van der Waals surface area contributed by atoms with Gasteiger partial charge < -0.3 is 20.4 Å².